The van der Waals surface area contributed by atoms with E-state index < -0.39 is 0 Å². The van der Waals surface area contributed by atoms with Crippen molar-refractivity contribution in [3.05, 3.63) is 29.8 Å². The number of carbonyl (C=O) groups is 1. The lowest BCUT2D eigenvalue weighted by Crippen LogP contribution is -2.48. The highest BCUT2D eigenvalue weighted by Crippen LogP contribution is 2.18. The van der Waals surface area contributed by atoms with Crippen molar-refractivity contribution in [1.29, 1.82) is 0 Å². The number of piperidine rings is 1. The molecule has 1 amide bonds. The number of anilines is 1. The summed E-state index contributed by atoms with van der Waals surface area (Å²) in [7, 11) is 0. The van der Waals surface area contributed by atoms with Gasteiger partial charge in [0.05, 0.1) is 6.04 Å². The number of nitrogens with two attached hydrogens (primary N) is 1. The van der Waals surface area contributed by atoms with E-state index in [2.05, 4.69) is 43.4 Å². The van der Waals surface area contributed by atoms with E-state index in [1.54, 1.807) is 0 Å². The summed E-state index contributed by atoms with van der Waals surface area (Å²) in [6.07, 6.45) is 3.70. The molecule has 4 nitrogen and oxygen atoms in total. The molecule has 0 bridgehead atoms. The molecule has 1 atom stereocenters. The first-order valence-electron chi connectivity index (χ1n) is 7.97. The van der Waals surface area contributed by atoms with Gasteiger partial charge in [-0.05, 0) is 43.9 Å². The van der Waals surface area contributed by atoms with Crippen molar-refractivity contribution < 1.29 is 4.79 Å². The summed E-state index contributed by atoms with van der Waals surface area (Å²) < 4.78 is 0. The quantitative estimate of drug-likeness (QED) is 0.875. The third-order valence-electron chi connectivity index (χ3n) is 4.11. The molecule has 1 aromatic rings. The molecule has 1 aliphatic heterocycles. The number of hydrogen-bond acceptors (Lipinski definition) is 3. The summed E-state index contributed by atoms with van der Waals surface area (Å²) >= 11 is 0. The van der Waals surface area contributed by atoms with Crippen LogP contribution >= 0.6 is 0 Å². The first-order chi connectivity index (χ1) is 10.1. The number of hydrogen-bond donors (Lipinski definition) is 2. The molecule has 116 valence electrons. The minimum atomic E-state index is -0.323. The largest absolute Gasteiger partial charge is 0.382 e. The second-order valence-electron chi connectivity index (χ2n) is 6.01. The molecule has 1 heterocycles. The van der Waals surface area contributed by atoms with Gasteiger partial charge in [0.2, 0.25) is 5.91 Å². The molecule has 0 saturated carbocycles. The lowest BCUT2D eigenvalue weighted by molar-refractivity contribution is -0.133. The van der Waals surface area contributed by atoms with Crippen LogP contribution in [0.4, 0.5) is 5.69 Å². The number of nitrogens with one attached hydrogen (secondary N) is 1. The van der Waals surface area contributed by atoms with E-state index in [1.165, 1.54) is 11.3 Å². The molecule has 1 fully saturated rings. The number of rotatable bonds is 5. The number of amides is 1. The van der Waals surface area contributed by atoms with Crippen molar-refractivity contribution in [3.63, 3.8) is 0 Å². The summed E-state index contributed by atoms with van der Waals surface area (Å²) in [6, 6.07) is 8.55. The molecule has 1 unspecified atom stereocenters. The van der Waals surface area contributed by atoms with Crippen LogP contribution in [0.25, 0.3) is 0 Å². The van der Waals surface area contributed by atoms with Crippen molar-refractivity contribution in [2.45, 2.75) is 51.6 Å². The molecular formula is C17H27N3O. The maximum absolute atomic E-state index is 12.2. The molecule has 0 aromatic heterocycles. The first-order valence-corrected chi connectivity index (χ1v) is 7.97. The molecule has 0 radical (unpaired) electrons. The van der Waals surface area contributed by atoms with Crippen LogP contribution in [0.3, 0.4) is 0 Å². The fourth-order valence-electron chi connectivity index (χ4n) is 2.88. The number of benzene rings is 1. The molecule has 3 N–H and O–H groups in total. The predicted octanol–water partition coefficient (Wildman–Crippen LogP) is 2.53. The van der Waals surface area contributed by atoms with E-state index in [1.807, 2.05) is 4.90 Å². The van der Waals surface area contributed by atoms with Crippen LogP contribution in [0.15, 0.2) is 24.3 Å². The van der Waals surface area contributed by atoms with E-state index in [0.29, 0.717) is 6.04 Å². The Kier molecular flexibility index (Phi) is 5.62. The van der Waals surface area contributed by atoms with Crippen LogP contribution in [0.5, 0.6) is 0 Å². The van der Waals surface area contributed by atoms with E-state index in [-0.39, 0.29) is 11.9 Å². The molecule has 0 aliphatic carbocycles. The van der Waals surface area contributed by atoms with Gasteiger partial charge in [0.15, 0.2) is 0 Å². The van der Waals surface area contributed by atoms with Crippen LogP contribution in [-0.4, -0.2) is 36.0 Å². The molecule has 0 spiro atoms. The summed E-state index contributed by atoms with van der Waals surface area (Å²) in [5.41, 5.74) is 8.36. The SMILES string of the molecule is CCCC(N)C(=O)N1CCC(Nc2cccc(C)c2)CC1. The highest BCUT2D eigenvalue weighted by molar-refractivity contribution is 5.81. The van der Waals surface area contributed by atoms with Crippen molar-refractivity contribution >= 4 is 11.6 Å². The summed E-state index contributed by atoms with van der Waals surface area (Å²) in [4.78, 5) is 14.1. The zero-order valence-corrected chi connectivity index (χ0v) is 13.1. The standard InChI is InChI=1S/C17H27N3O/c1-3-5-16(18)17(21)20-10-8-14(9-11-20)19-15-7-4-6-13(2)12-15/h4,6-7,12,14,16,19H,3,5,8-11,18H2,1-2H3. The molecular weight excluding hydrogens is 262 g/mol. The molecule has 1 aromatic carbocycles. The Morgan fingerprint density at radius 1 is 1.43 bits per heavy atom. The van der Waals surface area contributed by atoms with Gasteiger partial charge < -0.3 is 16.0 Å². The minimum Gasteiger partial charge on any atom is -0.382 e. The summed E-state index contributed by atoms with van der Waals surface area (Å²) in [5.74, 6) is 0.117. The zero-order valence-electron chi connectivity index (χ0n) is 13.1. The predicted molar refractivity (Wildman–Crippen MR) is 87.3 cm³/mol. The average Bonchev–Trinajstić information content (AvgIpc) is 2.47. The molecule has 1 aliphatic rings. The van der Waals surface area contributed by atoms with Gasteiger partial charge >= 0.3 is 0 Å². The molecule has 2 rings (SSSR count). The normalized spacial score (nSPS) is 17.6. The Bertz CT molecular complexity index is 467. The van der Waals surface area contributed by atoms with Crippen molar-refractivity contribution in [1.82, 2.24) is 4.90 Å². The lowest BCUT2D eigenvalue weighted by atomic mass is 10.0. The molecule has 1 saturated heterocycles. The topological polar surface area (TPSA) is 58.4 Å². The first kappa shape index (κ1) is 15.8. The van der Waals surface area contributed by atoms with E-state index in [4.69, 9.17) is 5.73 Å². The van der Waals surface area contributed by atoms with E-state index in [9.17, 15) is 4.79 Å². The summed E-state index contributed by atoms with van der Waals surface area (Å²) in [6.45, 7) is 5.77. The third-order valence-corrected chi connectivity index (χ3v) is 4.11. The second-order valence-corrected chi connectivity index (χ2v) is 6.01. The zero-order chi connectivity index (χ0) is 15.2. The monoisotopic (exact) mass is 289 g/mol. The Labute approximate surface area is 127 Å². The second kappa shape index (κ2) is 7.46. The van der Waals surface area contributed by atoms with Crippen molar-refractivity contribution in [3.8, 4) is 0 Å². The summed E-state index contributed by atoms with van der Waals surface area (Å²) in [5, 5.41) is 3.57. The smallest absolute Gasteiger partial charge is 0.239 e. The van der Waals surface area contributed by atoms with Crippen LogP contribution in [0, 0.1) is 6.92 Å². The number of likely N-dealkylation sites (tertiary alicyclic amines) is 1. The van der Waals surface area contributed by atoms with Gasteiger partial charge in [-0.2, -0.15) is 0 Å². The number of carbonyl (C=O) groups excluding carboxylic acids is 1. The van der Waals surface area contributed by atoms with Gasteiger partial charge in [-0.25, -0.2) is 0 Å². The third kappa shape index (κ3) is 4.46. The van der Waals surface area contributed by atoms with Crippen LogP contribution in [0.2, 0.25) is 0 Å². The number of aryl methyl sites for hydroxylation is 1. The van der Waals surface area contributed by atoms with Gasteiger partial charge in [0.25, 0.3) is 0 Å². The van der Waals surface area contributed by atoms with Gasteiger partial charge in [0, 0.05) is 24.8 Å². The van der Waals surface area contributed by atoms with Gasteiger partial charge in [0.1, 0.15) is 0 Å². The Hall–Kier alpha value is -1.55. The van der Waals surface area contributed by atoms with E-state index in [0.717, 1.165) is 38.8 Å². The van der Waals surface area contributed by atoms with Crippen molar-refractivity contribution in [2.24, 2.45) is 5.73 Å². The fourth-order valence-corrected chi connectivity index (χ4v) is 2.88. The van der Waals surface area contributed by atoms with Gasteiger partial charge in [-0.1, -0.05) is 25.5 Å². The van der Waals surface area contributed by atoms with Gasteiger partial charge in [-0.3, -0.25) is 4.79 Å². The maximum Gasteiger partial charge on any atom is 0.239 e. The van der Waals surface area contributed by atoms with Crippen LogP contribution in [-0.2, 0) is 4.79 Å². The van der Waals surface area contributed by atoms with Gasteiger partial charge in [-0.15, -0.1) is 0 Å². The lowest BCUT2D eigenvalue weighted by Gasteiger charge is -2.34. The highest BCUT2D eigenvalue weighted by atomic mass is 16.2. The average molecular weight is 289 g/mol. The number of nitrogens with zero attached hydrogens (tertiary/aromatic N) is 1. The highest BCUT2D eigenvalue weighted by Gasteiger charge is 2.25. The van der Waals surface area contributed by atoms with Crippen LogP contribution in [0.1, 0.15) is 38.2 Å². The Balaban J connectivity index is 1.82. The Morgan fingerprint density at radius 3 is 2.76 bits per heavy atom. The minimum absolute atomic E-state index is 0.117. The van der Waals surface area contributed by atoms with Crippen molar-refractivity contribution in [2.75, 3.05) is 18.4 Å². The fraction of sp³-hybridized carbons (Fsp3) is 0.588. The molecule has 4 heteroatoms. The van der Waals surface area contributed by atoms with E-state index >= 15 is 0 Å². The van der Waals surface area contributed by atoms with Crippen LogP contribution < -0.4 is 11.1 Å². The molecule has 21 heavy (non-hydrogen) atoms. The maximum atomic E-state index is 12.2. The Morgan fingerprint density at radius 2 is 2.14 bits per heavy atom.